The highest BCUT2D eigenvalue weighted by Crippen LogP contribution is 2.16. The Morgan fingerprint density at radius 3 is 2.70 bits per heavy atom. The van der Waals surface area contributed by atoms with Gasteiger partial charge in [0.1, 0.15) is 5.82 Å². The van der Waals surface area contributed by atoms with Crippen molar-refractivity contribution in [2.75, 3.05) is 25.9 Å². The van der Waals surface area contributed by atoms with Crippen molar-refractivity contribution in [1.82, 2.24) is 25.4 Å². The molecule has 0 aliphatic carbocycles. The third-order valence-corrected chi connectivity index (χ3v) is 5.19. The van der Waals surface area contributed by atoms with Crippen LogP contribution in [-0.4, -0.2) is 46.6 Å². The Hall–Kier alpha value is -1.000. The summed E-state index contributed by atoms with van der Waals surface area (Å²) in [6.07, 6.45) is 4.77. The molecule has 2 N–H and O–H groups in total. The average Bonchev–Trinajstić information content (AvgIpc) is 3.06. The molecule has 0 aliphatic heterocycles. The lowest BCUT2D eigenvalue weighted by molar-refractivity contribution is 0.477. The minimum Gasteiger partial charge on any atom is -0.357 e. The van der Waals surface area contributed by atoms with Crippen molar-refractivity contribution in [1.29, 1.82) is 0 Å². The van der Waals surface area contributed by atoms with E-state index in [4.69, 9.17) is 16.6 Å². The van der Waals surface area contributed by atoms with E-state index >= 15 is 0 Å². The van der Waals surface area contributed by atoms with Crippen molar-refractivity contribution in [2.24, 2.45) is 10.9 Å². The minimum absolute atomic E-state index is 0. The Morgan fingerprint density at radius 2 is 2.03 bits per heavy atom. The molecule has 0 atom stereocenters. The molecular weight excluding hydrogens is 531 g/mol. The fourth-order valence-corrected chi connectivity index (χ4v) is 3.73. The van der Waals surface area contributed by atoms with Crippen LogP contribution < -0.4 is 10.6 Å². The van der Waals surface area contributed by atoms with Gasteiger partial charge in [0.2, 0.25) is 0 Å². The number of aliphatic imine (C=N–C) groups is 1. The maximum atomic E-state index is 6.05. The first-order valence-electron chi connectivity index (χ1n) is 10.3. The third-order valence-electron chi connectivity index (χ3n) is 4.29. The molecule has 0 amide bonds. The van der Waals surface area contributed by atoms with Crippen molar-refractivity contribution in [3.63, 3.8) is 0 Å². The van der Waals surface area contributed by atoms with E-state index < -0.39 is 0 Å². The molecule has 9 heteroatoms. The van der Waals surface area contributed by atoms with Gasteiger partial charge in [-0.2, -0.15) is 0 Å². The van der Waals surface area contributed by atoms with Crippen molar-refractivity contribution < 1.29 is 0 Å². The zero-order valence-electron chi connectivity index (χ0n) is 18.3. The summed E-state index contributed by atoms with van der Waals surface area (Å²) in [5, 5.41) is 17.2. The predicted octanol–water partition coefficient (Wildman–Crippen LogP) is 4.66. The normalized spacial score (nSPS) is 11.5. The second-order valence-corrected chi connectivity index (χ2v) is 8.49. The van der Waals surface area contributed by atoms with Crippen LogP contribution in [0, 0.1) is 5.92 Å². The van der Waals surface area contributed by atoms with Crippen molar-refractivity contribution in [3.05, 3.63) is 40.7 Å². The van der Waals surface area contributed by atoms with Gasteiger partial charge in [-0.25, -0.2) is 0 Å². The highest BCUT2D eigenvalue weighted by atomic mass is 127. The molecule has 0 saturated carbocycles. The molecule has 0 fully saturated rings. The van der Waals surface area contributed by atoms with E-state index in [1.165, 1.54) is 5.56 Å². The molecule has 2 rings (SSSR count). The Balaban J connectivity index is 0.00000450. The van der Waals surface area contributed by atoms with Crippen LogP contribution in [0.25, 0.3) is 0 Å². The number of benzene rings is 1. The van der Waals surface area contributed by atoms with E-state index in [9.17, 15) is 0 Å². The molecule has 0 spiro atoms. The summed E-state index contributed by atoms with van der Waals surface area (Å²) in [4.78, 5) is 4.70. The third kappa shape index (κ3) is 9.43. The van der Waals surface area contributed by atoms with Gasteiger partial charge < -0.3 is 15.2 Å². The van der Waals surface area contributed by atoms with Crippen LogP contribution in [0.1, 0.15) is 38.6 Å². The molecule has 0 unspecified atom stereocenters. The van der Waals surface area contributed by atoms with Gasteiger partial charge in [0, 0.05) is 37.6 Å². The summed E-state index contributed by atoms with van der Waals surface area (Å²) in [7, 11) is 0. The summed E-state index contributed by atoms with van der Waals surface area (Å²) in [5.74, 6) is 2.47. The first-order valence-corrected chi connectivity index (χ1v) is 11.9. The van der Waals surface area contributed by atoms with E-state index in [0.717, 1.165) is 67.4 Å². The topological polar surface area (TPSA) is 67.1 Å². The van der Waals surface area contributed by atoms with Gasteiger partial charge in [-0.3, -0.25) is 4.99 Å². The Labute approximate surface area is 207 Å². The quantitative estimate of drug-likeness (QED) is 0.137. The Morgan fingerprint density at radius 1 is 1.23 bits per heavy atom. The van der Waals surface area contributed by atoms with Gasteiger partial charge in [0.15, 0.2) is 11.1 Å². The van der Waals surface area contributed by atoms with Crippen molar-refractivity contribution in [2.45, 2.75) is 51.7 Å². The van der Waals surface area contributed by atoms with Crippen LogP contribution in [0.15, 0.2) is 34.4 Å². The van der Waals surface area contributed by atoms with Crippen LogP contribution in [0.3, 0.4) is 0 Å². The second-order valence-electron chi connectivity index (χ2n) is 7.28. The number of rotatable bonds is 11. The fourth-order valence-electron chi connectivity index (χ4n) is 2.99. The zero-order valence-corrected chi connectivity index (χ0v) is 22.2. The lowest BCUT2D eigenvalue weighted by Gasteiger charge is -2.12. The number of halogens is 2. The number of hydrogen-bond donors (Lipinski definition) is 2. The fraction of sp³-hybridized carbons (Fsp3) is 0.571. The van der Waals surface area contributed by atoms with Gasteiger partial charge >= 0.3 is 0 Å². The molecule has 0 bridgehead atoms. The van der Waals surface area contributed by atoms with Crippen LogP contribution in [-0.2, 0) is 19.4 Å². The van der Waals surface area contributed by atoms with E-state index in [1.807, 2.05) is 24.5 Å². The smallest absolute Gasteiger partial charge is 0.191 e. The lowest BCUT2D eigenvalue weighted by Crippen LogP contribution is -2.38. The van der Waals surface area contributed by atoms with Gasteiger partial charge in [0.05, 0.1) is 0 Å². The average molecular weight is 565 g/mol. The number of nitrogens with zero attached hydrogens (tertiary/aromatic N) is 4. The number of nitrogens with one attached hydrogen (secondary N) is 2. The SMILES string of the molecule is CCNC(=NCCCc1nnc(SC)n1CC(C)C)NCCc1cccc(Cl)c1.I. The van der Waals surface area contributed by atoms with E-state index in [1.54, 1.807) is 11.8 Å². The standard InChI is InChI=1S/C21H33ClN6S.HI/c1-5-23-20(25-13-11-17-8-6-9-18(22)14-17)24-12-7-10-19-26-27-21(29-4)28(19)15-16(2)3;/h6,8-9,14,16H,5,7,10-13,15H2,1-4H3,(H2,23,24,25);1H. The zero-order chi connectivity index (χ0) is 21.1. The molecule has 2 aromatic rings. The molecule has 30 heavy (non-hydrogen) atoms. The van der Waals surface area contributed by atoms with E-state index in [-0.39, 0.29) is 24.0 Å². The summed E-state index contributed by atoms with van der Waals surface area (Å²) in [6, 6.07) is 7.98. The van der Waals surface area contributed by atoms with Crippen LogP contribution >= 0.6 is 47.3 Å². The Kier molecular flexibility index (Phi) is 13.4. The maximum Gasteiger partial charge on any atom is 0.191 e. The largest absolute Gasteiger partial charge is 0.357 e. The van der Waals surface area contributed by atoms with Crippen molar-refractivity contribution in [3.8, 4) is 0 Å². The second kappa shape index (κ2) is 14.9. The summed E-state index contributed by atoms with van der Waals surface area (Å²) < 4.78 is 2.24. The molecule has 1 heterocycles. The minimum atomic E-state index is 0. The molecule has 0 radical (unpaired) electrons. The number of aryl methyl sites for hydroxylation is 1. The number of aromatic nitrogens is 3. The monoisotopic (exact) mass is 564 g/mol. The first kappa shape index (κ1) is 27.0. The first-order chi connectivity index (χ1) is 14.0. The molecule has 0 aliphatic rings. The predicted molar refractivity (Wildman–Crippen MR) is 140 cm³/mol. The van der Waals surface area contributed by atoms with Crippen LogP contribution in [0.2, 0.25) is 5.02 Å². The lowest BCUT2D eigenvalue weighted by atomic mass is 10.1. The molecule has 6 nitrogen and oxygen atoms in total. The summed E-state index contributed by atoms with van der Waals surface area (Å²) >= 11 is 7.70. The molecule has 0 saturated heterocycles. The highest BCUT2D eigenvalue weighted by molar-refractivity contribution is 14.0. The van der Waals surface area contributed by atoms with Gasteiger partial charge in [-0.1, -0.05) is 49.3 Å². The van der Waals surface area contributed by atoms with Gasteiger partial charge in [-0.15, -0.1) is 34.2 Å². The highest BCUT2D eigenvalue weighted by Gasteiger charge is 2.12. The number of guanidine groups is 1. The van der Waals surface area contributed by atoms with Gasteiger partial charge in [-0.05, 0) is 49.6 Å². The van der Waals surface area contributed by atoms with E-state index in [2.05, 4.69) is 52.2 Å². The maximum absolute atomic E-state index is 6.05. The molecule has 168 valence electrons. The summed E-state index contributed by atoms with van der Waals surface area (Å²) in [5.41, 5.74) is 1.22. The molecule has 1 aromatic carbocycles. The van der Waals surface area contributed by atoms with Gasteiger partial charge in [0.25, 0.3) is 0 Å². The van der Waals surface area contributed by atoms with Crippen molar-refractivity contribution >= 4 is 53.3 Å². The molecule has 1 aromatic heterocycles. The number of hydrogen-bond acceptors (Lipinski definition) is 4. The number of thioether (sulfide) groups is 1. The van der Waals surface area contributed by atoms with Crippen LogP contribution in [0.4, 0.5) is 0 Å². The molecular formula is C21H34ClIN6S. The Bertz CT molecular complexity index is 781. The summed E-state index contributed by atoms with van der Waals surface area (Å²) in [6.45, 7) is 9.86. The van der Waals surface area contributed by atoms with Crippen LogP contribution in [0.5, 0.6) is 0 Å². The van der Waals surface area contributed by atoms with E-state index in [0.29, 0.717) is 5.92 Å².